The quantitative estimate of drug-likeness (QED) is 0.805. The van der Waals surface area contributed by atoms with Crippen molar-refractivity contribution in [2.75, 3.05) is 11.9 Å². The topological polar surface area (TPSA) is 33.2 Å². The second-order valence-corrected chi connectivity index (χ2v) is 3.72. The summed E-state index contributed by atoms with van der Waals surface area (Å²) in [6.07, 6.45) is -4.44. The molecule has 0 aliphatic heterocycles. The first-order valence-electron chi connectivity index (χ1n) is 4.93. The van der Waals surface area contributed by atoms with Gasteiger partial charge < -0.3 is 4.90 Å². The van der Waals surface area contributed by atoms with E-state index in [0.717, 1.165) is 24.5 Å². The third-order valence-corrected chi connectivity index (χ3v) is 2.37. The third-order valence-electron chi connectivity index (χ3n) is 2.37. The summed E-state index contributed by atoms with van der Waals surface area (Å²) in [4.78, 5) is 14.7. The molecule has 0 radical (unpaired) electrons. The molecule has 0 spiro atoms. The van der Waals surface area contributed by atoms with Crippen LogP contribution in [-0.4, -0.2) is 36.0 Å². The molecular weight excluding hydrogens is 297 g/mol. The molecule has 10 heteroatoms. The molecule has 112 valence electrons. The van der Waals surface area contributed by atoms with Gasteiger partial charge in [-0.25, -0.2) is 0 Å². The number of aromatic nitrogens is 1. The highest BCUT2D eigenvalue weighted by Crippen LogP contribution is 2.47. The summed E-state index contributed by atoms with van der Waals surface area (Å²) in [6.45, 7) is 0. The maximum atomic E-state index is 13.2. The molecule has 0 unspecified atom stereocenters. The molecule has 0 aliphatic carbocycles. The third kappa shape index (κ3) is 2.54. The summed E-state index contributed by atoms with van der Waals surface area (Å²) >= 11 is 0. The molecule has 20 heavy (non-hydrogen) atoms. The van der Waals surface area contributed by atoms with Crippen molar-refractivity contribution in [1.82, 2.24) is 4.98 Å². The van der Waals surface area contributed by atoms with Gasteiger partial charge in [0.25, 0.3) is 0 Å². The van der Waals surface area contributed by atoms with Gasteiger partial charge in [-0.1, -0.05) is 0 Å². The van der Waals surface area contributed by atoms with Crippen molar-refractivity contribution in [1.29, 1.82) is 0 Å². The Bertz CT molecular complexity index is 486. The number of nitrogens with zero attached hydrogens (tertiary/aromatic N) is 2. The minimum atomic E-state index is -6.55. The lowest BCUT2D eigenvalue weighted by Crippen LogP contribution is -2.59. The van der Waals surface area contributed by atoms with Crippen molar-refractivity contribution in [3.05, 3.63) is 24.5 Å². The molecule has 0 fully saturated rings. The van der Waals surface area contributed by atoms with Crippen LogP contribution in [0.15, 0.2) is 24.5 Å². The molecule has 1 amide bonds. The normalized spacial score (nSPS) is 13.2. The summed E-state index contributed by atoms with van der Waals surface area (Å²) in [5.41, 5.74) is -0.303. The van der Waals surface area contributed by atoms with E-state index in [9.17, 15) is 35.5 Å². The van der Waals surface area contributed by atoms with E-state index < -0.39 is 23.9 Å². The molecule has 0 aliphatic rings. The molecule has 0 N–H and O–H groups in total. The lowest BCUT2D eigenvalue weighted by atomic mass is 10.1. The Kier molecular flexibility index (Phi) is 3.97. The number of hydrogen-bond acceptors (Lipinski definition) is 2. The SMILES string of the molecule is CN(C(=O)C(F)(F)C(F)(F)C(F)(F)F)c1ccncc1. The zero-order chi connectivity index (χ0) is 15.8. The molecule has 1 rings (SSSR count). The maximum absolute atomic E-state index is 13.2. The maximum Gasteiger partial charge on any atom is 0.460 e. The Balaban J connectivity index is 3.13. The lowest BCUT2D eigenvalue weighted by molar-refractivity contribution is -0.343. The predicted molar refractivity (Wildman–Crippen MR) is 53.6 cm³/mol. The van der Waals surface area contributed by atoms with Crippen molar-refractivity contribution in [2.45, 2.75) is 18.0 Å². The summed E-state index contributed by atoms with van der Waals surface area (Å²) in [5, 5.41) is 0. The van der Waals surface area contributed by atoms with Crippen molar-refractivity contribution < 1.29 is 35.5 Å². The Morgan fingerprint density at radius 1 is 1.05 bits per heavy atom. The Labute approximate surface area is 108 Å². The van der Waals surface area contributed by atoms with E-state index in [0.29, 0.717) is 7.05 Å². The monoisotopic (exact) mass is 304 g/mol. The number of carbonyl (C=O) groups is 1. The molecular formula is C10H7F7N2O. The van der Waals surface area contributed by atoms with Crippen LogP contribution >= 0.6 is 0 Å². The van der Waals surface area contributed by atoms with Gasteiger partial charge >= 0.3 is 23.9 Å². The van der Waals surface area contributed by atoms with Gasteiger partial charge in [-0.15, -0.1) is 0 Å². The number of amides is 1. The number of halogens is 7. The van der Waals surface area contributed by atoms with Gasteiger partial charge in [-0.3, -0.25) is 9.78 Å². The fourth-order valence-corrected chi connectivity index (χ4v) is 1.21. The van der Waals surface area contributed by atoms with Crippen LogP contribution in [-0.2, 0) is 4.79 Å². The molecule has 3 nitrogen and oxygen atoms in total. The highest BCUT2D eigenvalue weighted by molar-refractivity contribution is 5.98. The van der Waals surface area contributed by atoms with Crippen LogP contribution in [0.3, 0.4) is 0 Å². The average molecular weight is 304 g/mol. The van der Waals surface area contributed by atoms with Crippen LogP contribution < -0.4 is 4.90 Å². The first kappa shape index (κ1) is 16.2. The minimum Gasteiger partial charge on any atom is -0.310 e. The van der Waals surface area contributed by atoms with Crippen LogP contribution in [0.25, 0.3) is 0 Å². The van der Waals surface area contributed by atoms with Crippen LogP contribution in [0.1, 0.15) is 0 Å². The van der Waals surface area contributed by atoms with E-state index in [1.54, 1.807) is 0 Å². The minimum absolute atomic E-state index is 0.00132. The van der Waals surface area contributed by atoms with Gasteiger partial charge in [0, 0.05) is 25.1 Å². The second kappa shape index (κ2) is 4.91. The number of alkyl halides is 7. The lowest BCUT2D eigenvalue weighted by Gasteiger charge is -2.30. The molecule has 1 heterocycles. The van der Waals surface area contributed by atoms with Crippen LogP contribution in [0.2, 0.25) is 0 Å². The van der Waals surface area contributed by atoms with Gasteiger partial charge in [0.2, 0.25) is 0 Å². The first-order valence-corrected chi connectivity index (χ1v) is 4.93. The van der Waals surface area contributed by atoms with Gasteiger partial charge in [-0.2, -0.15) is 30.7 Å². The van der Waals surface area contributed by atoms with Crippen molar-refractivity contribution in [2.24, 2.45) is 0 Å². The van der Waals surface area contributed by atoms with E-state index >= 15 is 0 Å². The number of pyridine rings is 1. The second-order valence-electron chi connectivity index (χ2n) is 3.72. The van der Waals surface area contributed by atoms with Gasteiger partial charge in [0.1, 0.15) is 0 Å². The van der Waals surface area contributed by atoms with E-state index in [1.807, 2.05) is 0 Å². The smallest absolute Gasteiger partial charge is 0.310 e. The highest BCUT2D eigenvalue weighted by atomic mass is 19.4. The Hall–Kier alpha value is -1.87. The summed E-state index contributed by atoms with van der Waals surface area (Å²) < 4.78 is 87.5. The standard InChI is InChI=1S/C10H7F7N2O/c1-19(6-2-4-18-5-3-6)7(20)8(11,12)9(13,14)10(15,16)17/h2-5H,1H3. The van der Waals surface area contributed by atoms with Gasteiger partial charge in [0.05, 0.1) is 0 Å². The zero-order valence-electron chi connectivity index (χ0n) is 9.76. The van der Waals surface area contributed by atoms with Crippen molar-refractivity contribution in [3.8, 4) is 0 Å². The molecule has 1 aromatic heterocycles. The first-order chi connectivity index (χ1) is 8.93. The molecule has 0 saturated heterocycles. The molecule has 0 saturated carbocycles. The van der Waals surface area contributed by atoms with Crippen LogP contribution in [0.5, 0.6) is 0 Å². The Morgan fingerprint density at radius 2 is 1.50 bits per heavy atom. The predicted octanol–water partition coefficient (Wildman–Crippen LogP) is 2.88. The summed E-state index contributed by atoms with van der Waals surface area (Å²) in [7, 11) is 0.651. The van der Waals surface area contributed by atoms with E-state index in [2.05, 4.69) is 4.98 Å². The Morgan fingerprint density at radius 3 is 1.90 bits per heavy atom. The largest absolute Gasteiger partial charge is 0.460 e. The summed E-state index contributed by atoms with van der Waals surface area (Å²) in [5.74, 6) is -15.1. The molecule has 0 atom stereocenters. The summed E-state index contributed by atoms with van der Waals surface area (Å²) in [6, 6.07) is 2.00. The number of anilines is 1. The van der Waals surface area contributed by atoms with E-state index in [1.165, 1.54) is 0 Å². The van der Waals surface area contributed by atoms with Gasteiger partial charge in [0.15, 0.2) is 0 Å². The van der Waals surface area contributed by atoms with Crippen LogP contribution in [0, 0.1) is 0 Å². The highest BCUT2D eigenvalue weighted by Gasteiger charge is 2.76. The molecule has 0 aromatic carbocycles. The number of carbonyl (C=O) groups excluding carboxylic acids is 1. The van der Waals surface area contributed by atoms with E-state index in [-0.39, 0.29) is 10.6 Å². The van der Waals surface area contributed by atoms with E-state index in [4.69, 9.17) is 0 Å². The number of rotatable bonds is 3. The average Bonchev–Trinajstić information content (AvgIpc) is 2.36. The molecule has 1 aromatic rings. The number of hydrogen-bond donors (Lipinski definition) is 0. The molecule has 0 bridgehead atoms. The fourth-order valence-electron chi connectivity index (χ4n) is 1.21. The fraction of sp³-hybridized carbons (Fsp3) is 0.400. The zero-order valence-corrected chi connectivity index (χ0v) is 9.76. The van der Waals surface area contributed by atoms with Gasteiger partial charge in [-0.05, 0) is 12.1 Å². The van der Waals surface area contributed by atoms with Crippen molar-refractivity contribution in [3.63, 3.8) is 0 Å². The van der Waals surface area contributed by atoms with Crippen LogP contribution in [0.4, 0.5) is 36.4 Å². The van der Waals surface area contributed by atoms with Crippen molar-refractivity contribution >= 4 is 11.6 Å².